The van der Waals surface area contributed by atoms with Gasteiger partial charge < -0.3 is 11.1 Å². The van der Waals surface area contributed by atoms with Crippen molar-refractivity contribution in [2.75, 3.05) is 5.32 Å². The van der Waals surface area contributed by atoms with E-state index in [1.54, 1.807) is 12.1 Å². The summed E-state index contributed by atoms with van der Waals surface area (Å²) >= 11 is 1.14. The number of benzene rings is 1. The molecule has 5 nitrogen and oxygen atoms in total. The number of para-hydroxylation sites is 1. The summed E-state index contributed by atoms with van der Waals surface area (Å²) in [5.41, 5.74) is 5.17. The molecule has 0 radical (unpaired) electrons. The third-order valence-electron chi connectivity index (χ3n) is 3.25. The fourth-order valence-electron chi connectivity index (χ4n) is 2.11. The van der Waals surface area contributed by atoms with Crippen LogP contribution in [0, 0.1) is 0 Å². The zero-order valence-corrected chi connectivity index (χ0v) is 12.9. The summed E-state index contributed by atoms with van der Waals surface area (Å²) in [7, 11) is 0. The van der Waals surface area contributed by atoms with Gasteiger partial charge in [0.15, 0.2) is 5.13 Å². The average molecular weight is 352 g/mol. The van der Waals surface area contributed by atoms with Crippen LogP contribution in [0.15, 0.2) is 36.5 Å². The van der Waals surface area contributed by atoms with Gasteiger partial charge in [-0.3, -0.25) is 9.78 Å². The van der Waals surface area contributed by atoms with E-state index in [4.69, 9.17) is 5.73 Å². The zero-order chi connectivity index (χ0) is 17.3. The number of nitrogens with two attached hydrogens (primary N) is 1. The molecule has 1 aromatic carbocycles. The maximum atomic E-state index is 13.0. The highest BCUT2D eigenvalue weighted by Gasteiger charge is 2.33. The van der Waals surface area contributed by atoms with Crippen LogP contribution in [0.5, 0.6) is 0 Å². The molecule has 0 aliphatic rings. The molecular weight excluding hydrogens is 341 g/mol. The van der Waals surface area contributed by atoms with Gasteiger partial charge in [0, 0.05) is 12.7 Å². The number of fused-ring (bicyclic) bond motifs is 1. The van der Waals surface area contributed by atoms with Crippen LogP contribution in [-0.2, 0) is 12.7 Å². The van der Waals surface area contributed by atoms with Gasteiger partial charge in [-0.25, -0.2) is 4.98 Å². The third-order valence-corrected chi connectivity index (χ3v) is 4.22. The van der Waals surface area contributed by atoms with Crippen LogP contribution in [0.2, 0.25) is 0 Å². The van der Waals surface area contributed by atoms with Crippen LogP contribution in [0.25, 0.3) is 10.2 Å². The maximum absolute atomic E-state index is 13.0. The molecule has 124 valence electrons. The Morgan fingerprint density at radius 3 is 2.67 bits per heavy atom. The van der Waals surface area contributed by atoms with Crippen molar-refractivity contribution < 1.29 is 18.0 Å². The average Bonchev–Trinajstić information content (AvgIpc) is 2.95. The van der Waals surface area contributed by atoms with Crippen molar-refractivity contribution in [2.24, 2.45) is 5.73 Å². The molecule has 24 heavy (non-hydrogen) atoms. The number of alkyl halides is 3. The number of halogens is 3. The summed E-state index contributed by atoms with van der Waals surface area (Å²) in [5, 5.41) is 3.34. The Hall–Kier alpha value is -2.68. The van der Waals surface area contributed by atoms with E-state index in [0.717, 1.165) is 23.0 Å². The first-order valence-electron chi connectivity index (χ1n) is 6.80. The summed E-state index contributed by atoms with van der Waals surface area (Å²) in [6, 6.07) is 7.11. The second-order valence-electron chi connectivity index (χ2n) is 4.94. The lowest BCUT2D eigenvalue weighted by Gasteiger charge is -2.06. The number of hydrogen-bond donors (Lipinski definition) is 2. The molecule has 0 saturated heterocycles. The predicted molar refractivity (Wildman–Crippen MR) is 84.7 cm³/mol. The zero-order valence-electron chi connectivity index (χ0n) is 12.1. The van der Waals surface area contributed by atoms with Crippen molar-refractivity contribution >= 4 is 32.6 Å². The number of carbonyl (C=O) groups excluding carboxylic acids is 1. The second kappa shape index (κ2) is 6.08. The number of pyridine rings is 1. The molecule has 0 fully saturated rings. The molecular formula is C15H11F3N4OS. The number of primary amides is 1. The van der Waals surface area contributed by atoms with E-state index in [2.05, 4.69) is 15.3 Å². The molecule has 1 amide bonds. The molecule has 0 unspecified atom stereocenters. The fraction of sp³-hybridized carbons (Fsp3) is 0.133. The monoisotopic (exact) mass is 352 g/mol. The van der Waals surface area contributed by atoms with Gasteiger partial charge in [-0.1, -0.05) is 23.5 Å². The molecule has 3 aromatic rings. The second-order valence-corrected chi connectivity index (χ2v) is 5.97. The Kier molecular flexibility index (Phi) is 4.10. The summed E-state index contributed by atoms with van der Waals surface area (Å²) < 4.78 is 39.4. The molecule has 0 saturated carbocycles. The Morgan fingerprint density at radius 1 is 1.25 bits per heavy atom. The largest absolute Gasteiger partial charge is 0.418 e. The van der Waals surface area contributed by atoms with Crippen LogP contribution in [0.3, 0.4) is 0 Å². The van der Waals surface area contributed by atoms with Crippen molar-refractivity contribution in [3.05, 3.63) is 53.3 Å². The van der Waals surface area contributed by atoms with Crippen molar-refractivity contribution in [1.82, 2.24) is 9.97 Å². The minimum absolute atomic E-state index is 0.0697. The van der Waals surface area contributed by atoms with E-state index >= 15 is 0 Å². The molecule has 0 aliphatic carbocycles. The Labute approximate surface area is 138 Å². The summed E-state index contributed by atoms with van der Waals surface area (Å²) in [6.45, 7) is 0.313. The van der Waals surface area contributed by atoms with Crippen LogP contribution < -0.4 is 11.1 Å². The molecule has 0 bridgehead atoms. The summed E-state index contributed by atoms with van der Waals surface area (Å²) in [4.78, 5) is 18.9. The Balaban J connectivity index is 1.80. The van der Waals surface area contributed by atoms with Gasteiger partial charge in [-0.15, -0.1) is 0 Å². The maximum Gasteiger partial charge on any atom is 0.418 e. The number of nitrogens with zero attached hydrogens (tertiary/aromatic N) is 2. The molecule has 2 aromatic heterocycles. The van der Waals surface area contributed by atoms with E-state index in [1.807, 2.05) is 0 Å². The standard InChI is InChI=1S/C15H11F3N4OS/c16-15(17,18)9-2-1-3-11-12(9)22-14(24-11)21-7-8-4-5-10(13(19)23)20-6-8/h1-6H,7H2,(H2,19,23)(H,21,22). The number of amides is 1. The number of hydrogen-bond acceptors (Lipinski definition) is 5. The van der Waals surface area contributed by atoms with Crippen molar-refractivity contribution in [3.63, 3.8) is 0 Å². The van der Waals surface area contributed by atoms with E-state index < -0.39 is 17.6 Å². The van der Waals surface area contributed by atoms with Gasteiger partial charge in [0.05, 0.1) is 15.8 Å². The summed E-state index contributed by atoms with van der Waals surface area (Å²) in [5.74, 6) is -0.625. The molecule has 0 atom stereocenters. The smallest absolute Gasteiger partial charge is 0.364 e. The minimum Gasteiger partial charge on any atom is -0.364 e. The number of aromatic nitrogens is 2. The highest BCUT2D eigenvalue weighted by Crippen LogP contribution is 2.37. The molecule has 3 rings (SSSR count). The number of thiazole rings is 1. The predicted octanol–water partition coefficient (Wildman–Crippen LogP) is 3.42. The quantitative estimate of drug-likeness (QED) is 0.754. The lowest BCUT2D eigenvalue weighted by Crippen LogP contribution is -2.13. The molecule has 9 heteroatoms. The number of nitrogens with one attached hydrogen (secondary N) is 1. The molecule has 0 aliphatic heterocycles. The highest BCUT2D eigenvalue weighted by atomic mass is 32.1. The van der Waals surface area contributed by atoms with Crippen LogP contribution in [-0.4, -0.2) is 15.9 Å². The SMILES string of the molecule is NC(=O)c1ccc(CNc2nc3c(C(F)(F)F)cccc3s2)cn1. The lowest BCUT2D eigenvalue weighted by molar-refractivity contribution is -0.136. The first-order valence-corrected chi connectivity index (χ1v) is 7.61. The van der Waals surface area contributed by atoms with Crippen molar-refractivity contribution in [2.45, 2.75) is 12.7 Å². The number of anilines is 1. The Morgan fingerprint density at radius 2 is 2.04 bits per heavy atom. The van der Waals surface area contributed by atoms with Crippen molar-refractivity contribution in [3.8, 4) is 0 Å². The van der Waals surface area contributed by atoms with Gasteiger partial charge in [-0.05, 0) is 23.8 Å². The molecule has 0 spiro atoms. The van der Waals surface area contributed by atoms with E-state index in [-0.39, 0.29) is 11.2 Å². The number of rotatable bonds is 4. The van der Waals surface area contributed by atoms with E-state index in [1.165, 1.54) is 18.3 Å². The molecule has 3 N–H and O–H groups in total. The van der Waals surface area contributed by atoms with E-state index in [9.17, 15) is 18.0 Å². The van der Waals surface area contributed by atoms with Gasteiger partial charge in [0.1, 0.15) is 5.69 Å². The normalized spacial score (nSPS) is 11.6. The van der Waals surface area contributed by atoms with Crippen LogP contribution >= 0.6 is 11.3 Å². The van der Waals surface area contributed by atoms with E-state index in [0.29, 0.717) is 16.4 Å². The number of carbonyl (C=O) groups is 1. The third kappa shape index (κ3) is 3.30. The highest BCUT2D eigenvalue weighted by molar-refractivity contribution is 7.22. The first kappa shape index (κ1) is 16.2. The minimum atomic E-state index is -4.45. The van der Waals surface area contributed by atoms with Gasteiger partial charge in [-0.2, -0.15) is 13.2 Å². The summed E-state index contributed by atoms with van der Waals surface area (Å²) in [6.07, 6.45) is -2.97. The van der Waals surface area contributed by atoms with Gasteiger partial charge in [0.25, 0.3) is 5.91 Å². The van der Waals surface area contributed by atoms with Crippen LogP contribution in [0.4, 0.5) is 18.3 Å². The lowest BCUT2D eigenvalue weighted by atomic mass is 10.2. The molecule has 2 heterocycles. The van der Waals surface area contributed by atoms with Gasteiger partial charge in [0.2, 0.25) is 0 Å². The fourth-order valence-corrected chi connectivity index (χ4v) is 2.99. The Bertz CT molecular complexity index is 890. The first-order chi connectivity index (χ1) is 11.3. The topological polar surface area (TPSA) is 80.9 Å². The van der Waals surface area contributed by atoms with Crippen molar-refractivity contribution in [1.29, 1.82) is 0 Å². The van der Waals surface area contributed by atoms with Crippen LogP contribution in [0.1, 0.15) is 21.6 Å². The van der Waals surface area contributed by atoms with Gasteiger partial charge >= 0.3 is 6.18 Å².